The molecule has 1 atom stereocenters. The molecule has 32 heavy (non-hydrogen) atoms. The molecular formula is C23H21N3O5S. The van der Waals surface area contributed by atoms with Gasteiger partial charge in [0, 0.05) is 0 Å². The molecule has 3 aromatic rings. The molecule has 4 rings (SSSR count). The van der Waals surface area contributed by atoms with Crippen LogP contribution in [0, 0.1) is 5.92 Å². The normalized spacial score (nSPS) is 14.1. The van der Waals surface area contributed by atoms with Crippen molar-refractivity contribution in [2.24, 2.45) is 5.92 Å². The first-order valence-electron chi connectivity index (χ1n) is 10.2. The number of imide groups is 1. The number of rotatable bonds is 6. The van der Waals surface area contributed by atoms with E-state index in [1.807, 2.05) is 0 Å². The zero-order valence-electron chi connectivity index (χ0n) is 17.7. The second kappa shape index (κ2) is 8.51. The summed E-state index contributed by atoms with van der Waals surface area (Å²) in [5, 5.41) is 3.05. The van der Waals surface area contributed by atoms with Gasteiger partial charge in [0.1, 0.15) is 6.04 Å². The number of thiazole rings is 1. The first-order chi connectivity index (χ1) is 15.3. The van der Waals surface area contributed by atoms with Crippen molar-refractivity contribution >= 4 is 50.4 Å². The fourth-order valence-electron chi connectivity index (χ4n) is 3.68. The zero-order valence-corrected chi connectivity index (χ0v) is 18.6. The molecule has 0 saturated carbocycles. The van der Waals surface area contributed by atoms with Crippen LogP contribution in [-0.4, -0.2) is 46.2 Å². The van der Waals surface area contributed by atoms with Crippen LogP contribution >= 0.6 is 11.3 Å². The average molecular weight is 452 g/mol. The van der Waals surface area contributed by atoms with E-state index < -0.39 is 29.7 Å². The number of carbonyl (C=O) groups is 4. The Labute approximate surface area is 188 Å². The zero-order chi connectivity index (χ0) is 23.0. The third kappa shape index (κ3) is 3.75. The van der Waals surface area contributed by atoms with Crippen LogP contribution in [0.15, 0.2) is 42.5 Å². The van der Waals surface area contributed by atoms with Gasteiger partial charge in [-0.05, 0) is 43.2 Å². The lowest BCUT2D eigenvalue weighted by Gasteiger charge is -2.27. The molecule has 0 saturated heterocycles. The lowest BCUT2D eigenvalue weighted by atomic mass is 10.0. The van der Waals surface area contributed by atoms with Crippen LogP contribution < -0.4 is 5.32 Å². The summed E-state index contributed by atoms with van der Waals surface area (Å²) in [5.41, 5.74) is 1.59. The van der Waals surface area contributed by atoms with Crippen LogP contribution in [0.3, 0.4) is 0 Å². The summed E-state index contributed by atoms with van der Waals surface area (Å²) < 4.78 is 5.72. The summed E-state index contributed by atoms with van der Waals surface area (Å²) in [6.45, 7) is 5.56. The molecular weight excluding hydrogens is 430 g/mol. The predicted molar refractivity (Wildman–Crippen MR) is 120 cm³/mol. The van der Waals surface area contributed by atoms with Gasteiger partial charge in [0.05, 0.1) is 33.5 Å². The van der Waals surface area contributed by atoms with E-state index in [9.17, 15) is 19.2 Å². The molecule has 1 unspecified atom stereocenters. The molecule has 0 bridgehead atoms. The molecule has 3 amide bonds. The van der Waals surface area contributed by atoms with E-state index in [1.165, 1.54) is 11.3 Å². The SMILES string of the molecule is CCOC(=O)c1ccc2nc(NC(=O)C(C(C)C)N3C(=O)c4ccccc4C3=O)sc2c1. The number of anilines is 1. The van der Waals surface area contributed by atoms with E-state index in [0.717, 1.165) is 4.90 Å². The van der Waals surface area contributed by atoms with Crippen LogP contribution in [0.25, 0.3) is 10.2 Å². The highest BCUT2D eigenvalue weighted by Gasteiger charge is 2.44. The first-order valence-corrected chi connectivity index (χ1v) is 11.0. The van der Waals surface area contributed by atoms with Crippen LogP contribution in [0.2, 0.25) is 0 Å². The predicted octanol–water partition coefficient (Wildman–Crippen LogP) is 3.73. The number of hydrogen-bond donors (Lipinski definition) is 1. The van der Waals surface area contributed by atoms with Crippen molar-refractivity contribution in [3.05, 3.63) is 59.2 Å². The Kier molecular flexibility index (Phi) is 5.75. The van der Waals surface area contributed by atoms with Gasteiger partial charge in [0.15, 0.2) is 5.13 Å². The van der Waals surface area contributed by atoms with Crippen molar-refractivity contribution in [1.29, 1.82) is 0 Å². The third-order valence-corrected chi connectivity index (χ3v) is 6.07. The summed E-state index contributed by atoms with van der Waals surface area (Å²) in [5.74, 6) is -2.22. The molecule has 9 heteroatoms. The summed E-state index contributed by atoms with van der Waals surface area (Å²) in [7, 11) is 0. The van der Waals surface area contributed by atoms with Gasteiger partial charge >= 0.3 is 5.97 Å². The number of nitrogens with one attached hydrogen (secondary N) is 1. The summed E-state index contributed by atoms with van der Waals surface area (Å²) in [6, 6.07) is 10.5. The molecule has 1 aliphatic heterocycles. The second-order valence-corrected chi connectivity index (χ2v) is 8.66. The van der Waals surface area contributed by atoms with E-state index in [2.05, 4.69) is 10.3 Å². The van der Waals surface area contributed by atoms with Crippen LogP contribution in [0.5, 0.6) is 0 Å². The highest BCUT2D eigenvalue weighted by atomic mass is 32.1. The molecule has 1 aromatic heterocycles. The third-order valence-electron chi connectivity index (χ3n) is 5.13. The fourth-order valence-corrected chi connectivity index (χ4v) is 4.59. The van der Waals surface area contributed by atoms with E-state index in [0.29, 0.717) is 32.0 Å². The van der Waals surface area contributed by atoms with Crippen LogP contribution in [-0.2, 0) is 9.53 Å². The molecule has 2 heterocycles. The highest BCUT2D eigenvalue weighted by Crippen LogP contribution is 2.30. The summed E-state index contributed by atoms with van der Waals surface area (Å²) >= 11 is 1.20. The van der Waals surface area contributed by atoms with Crippen molar-refractivity contribution in [2.75, 3.05) is 11.9 Å². The minimum atomic E-state index is -0.996. The number of benzene rings is 2. The number of ether oxygens (including phenoxy) is 1. The molecule has 0 radical (unpaired) electrons. The molecule has 0 fully saturated rings. The van der Waals surface area contributed by atoms with Gasteiger partial charge in [-0.25, -0.2) is 9.78 Å². The second-order valence-electron chi connectivity index (χ2n) is 7.63. The quantitative estimate of drug-likeness (QED) is 0.452. The topological polar surface area (TPSA) is 106 Å². The lowest BCUT2D eigenvalue weighted by molar-refractivity contribution is -0.121. The van der Waals surface area contributed by atoms with Gasteiger partial charge < -0.3 is 10.1 Å². The van der Waals surface area contributed by atoms with Gasteiger partial charge in [-0.1, -0.05) is 37.3 Å². The lowest BCUT2D eigenvalue weighted by Crippen LogP contribution is -2.50. The Balaban J connectivity index is 1.59. The number of amides is 3. The maximum Gasteiger partial charge on any atom is 0.338 e. The molecule has 164 valence electrons. The molecule has 1 N–H and O–H groups in total. The Bertz CT molecular complexity index is 1210. The van der Waals surface area contributed by atoms with E-state index in [4.69, 9.17) is 4.74 Å². The Hall–Kier alpha value is -3.59. The first kappa shape index (κ1) is 21.6. The average Bonchev–Trinajstić information content (AvgIpc) is 3.27. The number of esters is 1. The maximum atomic E-state index is 13.2. The summed E-state index contributed by atoms with van der Waals surface area (Å²) in [6.07, 6.45) is 0. The molecule has 8 nitrogen and oxygen atoms in total. The van der Waals surface area contributed by atoms with Crippen molar-refractivity contribution in [3.63, 3.8) is 0 Å². The van der Waals surface area contributed by atoms with Crippen molar-refractivity contribution in [2.45, 2.75) is 26.8 Å². The number of nitrogens with zero attached hydrogens (tertiary/aromatic N) is 2. The van der Waals surface area contributed by atoms with Crippen LogP contribution in [0.1, 0.15) is 51.8 Å². The minimum absolute atomic E-state index is 0.273. The maximum absolute atomic E-state index is 13.2. The molecule has 0 spiro atoms. The highest BCUT2D eigenvalue weighted by molar-refractivity contribution is 7.22. The molecule has 1 aliphatic rings. The van der Waals surface area contributed by atoms with E-state index in [-0.39, 0.29) is 12.5 Å². The number of aromatic nitrogens is 1. The standard InChI is InChI=1S/C23H21N3O5S/c1-4-31-22(30)13-9-10-16-17(11-13)32-23(24-16)25-19(27)18(12(2)3)26-20(28)14-7-5-6-8-15(14)21(26)29/h5-12,18H,4H2,1-3H3,(H,24,25,27). The minimum Gasteiger partial charge on any atom is -0.462 e. The molecule has 0 aliphatic carbocycles. The van der Waals surface area contributed by atoms with Crippen molar-refractivity contribution in [1.82, 2.24) is 9.88 Å². The van der Waals surface area contributed by atoms with Gasteiger partial charge in [-0.3, -0.25) is 19.3 Å². The number of fused-ring (bicyclic) bond motifs is 2. The number of carbonyl (C=O) groups excluding carboxylic acids is 4. The smallest absolute Gasteiger partial charge is 0.338 e. The van der Waals surface area contributed by atoms with E-state index >= 15 is 0 Å². The van der Waals surface area contributed by atoms with Crippen molar-refractivity contribution in [3.8, 4) is 0 Å². The van der Waals surface area contributed by atoms with E-state index in [1.54, 1.807) is 63.2 Å². The largest absolute Gasteiger partial charge is 0.462 e. The van der Waals surface area contributed by atoms with Crippen LogP contribution in [0.4, 0.5) is 5.13 Å². The Morgan fingerprint density at radius 1 is 1.09 bits per heavy atom. The fraction of sp³-hybridized carbons (Fsp3) is 0.261. The van der Waals surface area contributed by atoms with Gasteiger partial charge in [-0.2, -0.15) is 0 Å². The van der Waals surface area contributed by atoms with Gasteiger partial charge in [0.2, 0.25) is 5.91 Å². The van der Waals surface area contributed by atoms with Gasteiger partial charge in [-0.15, -0.1) is 0 Å². The Morgan fingerprint density at radius 3 is 2.34 bits per heavy atom. The monoisotopic (exact) mass is 451 g/mol. The number of hydrogen-bond acceptors (Lipinski definition) is 7. The van der Waals surface area contributed by atoms with Gasteiger partial charge in [0.25, 0.3) is 11.8 Å². The van der Waals surface area contributed by atoms with Crippen molar-refractivity contribution < 1.29 is 23.9 Å². The molecule has 2 aromatic carbocycles. The Morgan fingerprint density at radius 2 is 1.75 bits per heavy atom. The summed E-state index contributed by atoms with van der Waals surface area (Å²) in [4.78, 5) is 56.3.